The zero-order valence-corrected chi connectivity index (χ0v) is 16.7. The van der Waals surface area contributed by atoms with Crippen molar-refractivity contribution in [1.82, 2.24) is 4.98 Å². The van der Waals surface area contributed by atoms with Gasteiger partial charge in [0, 0.05) is 28.1 Å². The Hall–Kier alpha value is -2.68. The van der Waals surface area contributed by atoms with Crippen molar-refractivity contribution in [2.45, 2.75) is 13.0 Å². The molecule has 1 atom stereocenters. The fourth-order valence-corrected chi connectivity index (χ4v) is 3.42. The Balaban J connectivity index is 1.65. The number of aromatic nitrogens is 1. The topological polar surface area (TPSA) is 94.4 Å². The molecule has 0 saturated heterocycles. The number of non-ortho nitro benzene ring substituents is 1. The van der Waals surface area contributed by atoms with E-state index in [2.05, 4.69) is 10.3 Å². The predicted molar refractivity (Wildman–Crippen MR) is 109 cm³/mol. The molecule has 1 amide bonds. The summed E-state index contributed by atoms with van der Waals surface area (Å²) in [6.07, 6.45) is -0.814. The number of halogens is 2. The van der Waals surface area contributed by atoms with Gasteiger partial charge in [0.2, 0.25) is 0 Å². The molecule has 1 heterocycles. The number of thiazole rings is 1. The van der Waals surface area contributed by atoms with Crippen molar-refractivity contribution in [3.8, 4) is 17.0 Å². The van der Waals surface area contributed by atoms with E-state index in [0.29, 0.717) is 32.2 Å². The van der Waals surface area contributed by atoms with E-state index in [1.807, 2.05) is 0 Å². The number of nitro groups is 1. The van der Waals surface area contributed by atoms with Gasteiger partial charge in [0.15, 0.2) is 11.2 Å². The van der Waals surface area contributed by atoms with Crippen LogP contribution in [0, 0.1) is 10.1 Å². The molecule has 0 aliphatic rings. The fourth-order valence-electron chi connectivity index (χ4n) is 2.24. The molecule has 7 nitrogen and oxygen atoms in total. The van der Waals surface area contributed by atoms with Crippen LogP contribution in [0.2, 0.25) is 10.0 Å². The summed E-state index contributed by atoms with van der Waals surface area (Å²) in [6.45, 7) is 1.59. The van der Waals surface area contributed by atoms with Crippen LogP contribution < -0.4 is 10.1 Å². The van der Waals surface area contributed by atoms with Gasteiger partial charge in [-0.25, -0.2) is 4.98 Å². The summed E-state index contributed by atoms with van der Waals surface area (Å²) in [4.78, 5) is 26.9. The van der Waals surface area contributed by atoms with Crippen molar-refractivity contribution in [1.29, 1.82) is 0 Å². The first-order valence-electron chi connectivity index (χ1n) is 7.96. The van der Waals surface area contributed by atoms with E-state index >= 15 is 0 Å². The quantitative estimate of drug-likeness (QED) is 0.409. The van der Waals surface area contributed by atoms with Crippen molar-refractivity contribution in [3.63, 3.8) is 0 Å². The standard InChI is InChI=1S/C18H13Cl2N3O4S/c1-10(27-16-7-4-12(19)8-14(16)20)17(24)22-18-21-15(9-28-18)11-2-5-13(6-3-11)23(25)26/h2-10H,1H3,(H,21,22,24)/t10-/m1/s1. The van der Waals surface area contributed by atoms with Gasteiger partial charge in [-0.1, -0.05) is 23.2 Å². The molecule has 1 N–H and O–H groups in total. The van der Waals surface area contributed by atoms with Crippen molar-refractivity contribution in [2.24, 2.45) is 0 Å². The van der Waals surface area contributed by atoms with Crippen LogP contribution in [0.3, 0.4) is 0 Å². The molecule has 1 aromatic heterocycles. The van der Waals surface area contributed by atoms with Crippen LogP contribution in [-0.4, -0.2) is 21.9 Å². The highest BCUT2D eigenvalue weighted by molar-refractivity contribution is 7.14. The Morgan fingerprint density at radius 1 is 1.25 bits per heavy atom. The van der Waals surface area contributed by atoms with Gasteiger partial charge in [-0.15, -0.1) is 11.3 Å². The zero-order valence-electron chi connectivity index (χ0n) is 14.4. The maximum absolute atomic E-state index is 12.3. The highest BCUT2D eigenvalue weighted by Gasteiger charge is 2.18. The molecule has 28 heavy (non-hydrogen) atoms. The van der Waals surface area contributed by atoms with Crippen LogP contribution in [0.5, 0.6) is 5.75 Å². The number of carbonyl (C=O) groups excluding carboxylic acids is 1. The maximum atomic E-state index is 12.3. The van der Waals surface area contributed by atoms with Crippen LogP contribution in [0.1, 0.15) is 6.92 Å². The Labute approximate surface area is 174 Å². The third-order valence-corrected chi connectivity index (χ3v) is 4.96. The second-order valence-corrected chi connectivity index (χ2v) is 7.37. The smallest absolute Gasteiger partial charge is 0.269 e. The van der Waals surface area contributed by atoms with Gasteiger partial charge < -0.3 is 4.74 Å². The van der Waals surface area contributed by atoms with Crippen LogP contribution in [0.15, 0.2) is 47.8 Å². The van der Waals surface area contributed by atoms with E-state index < -0.39 is 16.9 Å². The highest BCUT2D eigenvalue weighted by atomic mass is 35.5. The first-order valence-corrected chi connectivity index (χ1v) is 9.60. The van der Waals surface area contributed by atoms with Crippen LogP contribution >= 0.6 is 34.5 Å². The normalized spacial score (nSPS) is 11.7. The number of nitro benzene ring substituents is 1. The molecule has 0 saturated carbocycles. The maximum Gasteiger partial charge on any atom is 0.269 e. The predicted octanol–water partition coefficient (Wildman–Crippen LogP) is 5.43. The summed E-state index contributed by atoms with van der Waals surface area (Å²) in [5.74, 6) is -0.0463. The number of nitrogens with zero attached hydrogens (tertiary/aromatic N) is 2. The van der Waals surface area contributed by atoms with Gasteiger partial charge in [-0.2, -0.15) is 0 Å². The van der Waals surface area contributed by atoms with Gasteiger partial charge >= 0.3 is 0 Å². The number of carbonyl (C=O) groups is 1. The first-order chi connectivity index (χ1) is 13.3. The number of nitrogens with one attached hydrogen (secondary N) is 1. The molecular formula is C18H13Cl2N3O4S. The molecule has 0 aliphatic heterocycles. The summed E-state index contributed by atoms with van der Waals surface area (Å²) in [5.41, 5.74) is 1.31. The summed E-state index contributed by atoms with van der Waals surface area (Å²) >= 11 is 13.1. The highest BCUT2D eigenvalue weighted by Crippen LogP contribution is 2.29. The molecular weight excluding hydrogens is 425 g/mol. The number of ether oxygens (including phenoxy) is 1. The second kappa shape index (κ2) is 8.55. The third kappa shape index (κ3) is 4.78. The minimum atomic E-state index is -0.814. The lowest BCUT2D eigenvalue weighted by Gasteiger charge is -2.14. The third-order valence-electron chi connectivity index (χ3n) is 3.68. The molecule has 3 aromatic rings. The minimum Gasteiger partial charge on any atom is -0.479 e. The van der Waals surface area contributed by atoms with Gasteiger partial charge in [-0.3, -0.25) is 20.2 Å². The number of anilines is 1. The molecule has 0 aliphatic carbocycles. The van der Waals surface area contributed by atoms with E-state index in [4.69, 9.17) is 27.9 Å². The van der Waals surface area contributed by atoms with E-state index in [0.717, 1.165) is 0 Å². The number of hydrogen-bond donors (Lipinski definition) is 1. The largest absolute Gasteiger partial charge is 0.479 e. The van der Waals surface area contributed by atoms with Crippen molar-refractivity contribution in [3.05, 3.63) is 68.0 Å². The number of rotatable bonds is 6. The number of amides is 1. The Kier molecular flexibility index (Phi) is 6.13. The molecule has 144 valence electrons. The summed E-state index contributed by atoms with van der Waals surface area (Å²) in [6, 6.07) is 10.7. The fraction of sp³-hybridized carbons (Fsp3) is 0.111. The summed E-state index contributed by atoms with van der Waals surface area (Å²) in [7, 11) is 0. The van der Waals surface area contributed by atoms with E-state index in [1.165, 1.54) is 29.5 Å². The molecule has 0 fully saturated rings. The van der Waals surface area contributed by atoms with Crippen molar-refractivity contribution < 1.29 is 14.5 Å². The summed E-state index contributed by atoms with van der Waals surface area (Å²) in [5, 5.41) is 16.3. The van der Waals surface area contributed by atoms with Gasteiger partial charge in [-0.05, 0) is 37.3 Å². The lowest BCUT2D eigenvalue weighted by Crippen LogP contribution is -2.30. The Bertz CT molecular complexity index is 1020. The second-order valence-electron chi connectivity index (χ2n) is 5.67. The molecule has 3 rings (SSSR count). The molecule has 0 radical (unpaired) electrons. The molecule has 0 bridgehead atoms. The number of benzene rings is 2. The lowest BCUT2D eigenvalue weighted by molar-refractivity contribution is -0.384. The molecule has 0 spiro atoms. The first kappa shape index (κ1) is 20.1. The molecule has 10 heteroatoms. The SMILES string of the molecule is C[C@@H](Oc1ccc(Cl)cc1Cl)C(=O)Nc1nc(-c2ccc([N+](=O)[O-])cc2)cs1. The monoisotopic (exact) mass is 437 g/mol. The summed E-state index contributed by atoms with van der Waals surface area (Å²) < 4.78 is 5.57. The minimum absolute atomic E-state index is 0.000611. The van der Waals surface area contributed by atoms with Gasteiger partial charge in [0.1, 0.15) is 5.75 Å². The van der Waals surface area contributed by atoms with Crippen LogP contribution in [-0.2, 0) is 4.79 Å². The Morgan fingerprint density at radius 2 is 1.96 bits per heavy atom. The van der Waals surface area contributed by atoms with Crippen molar-refractivity contribution >= 4 is 51.3 Å². The lowest BCUT2D eigenvalue weighted by atomic mass is 10.1. The average Bonchev–Trinajstić information content (AvgIpc) is 3.12. The number of hydrogen-bond acceptors (Lipinski definition) is 6. The van der Waals surface area contributed by atoms with E-state index in [9.17, 15) is 14.9 Å². The zero-order chi connectivity index (χ0) is 20.3. The van der Waals surface area contributed by atoms with E-state index in [1.54, 1.807) is 36.6 Å². The van der Waals surface area contributed by atoms with Crippen LogP contribution in [0.4, 0.5) is 10.8 Å². The van der Waals surface area contributed by atoms with Crippen LogP contribution in [0.25, 0.3) is 11.3 Å². The van der Waals surface area contributed by atoms with Gasteiger partial charge in [0.25, 0.3) is 11.6 Å². The Morgan fingerprint density at radius 3 is 2.61 bits per heavy atom. The average molecular weight is 438 g/mol. The van der Waals surface area contributed by atoms with E-state index in [-0.39, 0.29) is 5.69 Å². The van der Waals surface area contributed by atoms with Crippen molar-refractivity contribution in [2.75, 3.05) is 5.32 Å². The molecule has 2 aromatic carbocycles. The molecule has 0 unspecified atom stereocenters. The van der Waals surface area contributed by atoms with Gasteiger partial charge in [0.05, 0.1) is 15.6 Å².